The van der Waals surface area contributed by atoms with Gasteiger partial charge >= 0.3 is 5.97 Å². The zero-order chi connectivity index (χ0) is 24.1. The largest absolute Gasteiger partial charge is 0.464 e. The molecule has 168 valence electrons. The summed E-state index contributed by atoms with van der Waals surface area (Å²) in [4.78, 5) is 25.1. The number of nitrogen functional groups attached to an aromatic ring is 1. The van der Waals surface area contributed by atoms with Gasteiger partial charge in [0, 0.05) is 34.5 Å². The van der Waals surface area contributed by atoms with Crippen LogP contribution in [0.2, 0.25) is 0 Å². The molecule has 4 N–H and O–H groups in total. The number of amides is 1. The maximum Gasteiger partial charge on any atom is 0.357 e. The first-order valence-corrected chi connectivity index (χ1v) is 10.3. The van der Waals surface area contributed by atoms with Crippen molar-refractivity contribution in [2.24, 2.45) is 0 Å². The lowest BCUT2D eigenvalue weighted by Gasteiger charge is -2.11. The van der Waals surface area contributed by atoms with Crippen molar-refractivity contribution >= 4 is 34.6 Å². The van der Waals surface area contributed by atoms with Crippen LogP contribution in [0, 0.1) is 11.3 Å². The predicted octanol–water partition coefficient (Wildman–Crippen LogP) is 4.71. The van der Waals surface area contributed by atoms with E-state index in [9.17, 15) is 14.9 Å². The minimum atomic E-state index is -0.682. The van der Waals surface area contributed by atoms with Gasteiger partial charge in [-0.2, -0.15) is 5.26 Å². The Labute approximate surface area is 196 Å². The minimum absolute atomic E-state index is 0.0217. The maximum absolute atomic E-state index is 12.9. The third kappa shape index (κ3) is 4.59. The van der Waals surface area contributed by atoms with Crippen LogP contribution in [-0.4, -0.2) is 23.6 Å². The smallest absolute Gasteiger partial charge is 0.357 e. The Morgan fingerprint density at radius 1 is 0.941 bits per heavy atom. The van der Waals surface area contributed by atoms with E-state index in [4.69, 9.17) is 10.5 Å². The molecule has 1 aromatic heterocycles. The van der Waals surface area contributed by atoms with Gasteiger partial charge in [-0.3, -0.25) is 4.79 Å². The second-order valence-corrected chi connectivity index (χ2v) is 7.35. The number of nitrogens with zero attached hydrogens (tertiary/aromatic N) is 2. The van der Waals surface area contributed by atoms with Crippen LogP contribution in [-0.2, 0) is 4.74 Å². The summed E-state index contributed by atoms with van der Waals surface area (Å²) in [7, 11) is 1.23. The van der Waals surface area contributed by atoms with Crippen molar-refractivity contribution in [1.29, 1.82) is 5.26 Å². The molecule has 0 unspecified atom stereocenters. The first-order chi connectivity index (χ1) is 16.5. The Kier molecular flexibility index (Phi) is 6.28. The van der Waals surface area contributed by atoms with E-state index in [0.717, 1.165) is 11.4 Å². The molecule has 0 spiro atoms. The highest BCUT2D eigenvalue weighted by atomic mass is 16.5. The van der Waals surface area contributed by atoms with E-state index in [1.165, 1.54) is 17.9 Å². The molecule has 8 heteroatoms. The van der Waals surface area contributed by atoms with E-state index in [0.29, 0.717) is 16.9 Å². The Hall–Kier alpha value is -5.03. The van der Waals surface area contributed by atoms with Crippen LogP contribution in [0.3, 0.4) is 0 Å². The SMILES string of the molecule is COC(=O)c1c(N)c(C#N)cn1-c1cccc(C(=O)Nc2ccc(Nc3ccccc3)cc2)c1. The first kappa shape index (κ1) is 22.2. The molecular weight excluding hydrogens is 430 g/mol. The van der Waals surface area contributed by atoms with Crippen LogP contribution in [0.5, 0.6) is 0 Å². The third-order valence-corrected chi connectivity index (χ3v) is 5.14. The maximum atomic E-state index is 12.9. The number of nitrogens with two attached hydrogens (primary N) is 1. The molecule has 0 fully saturated rings. The molecule has 34 heavy (non-hydrogen) atoms. The number of anilines is 4. The van der Waals surface area contributed by atoms with Crippen molar-refractivity contribution in [2.45, 2.75) is 0 Å². The number of hydrogen-bond donors (Lipinski definition) is 3. The molecular formula is C26H21N5O3. The number of ether oxygens (including phenoxy) is 1. The molecule has 0 aliphatic heterocycles. The average molecular weight is 451 g/mol. The van der Waals surface area contributed by atoms with Gasteiger partial charge in [0.15, 0.2) is 5.69 Å². The number of carbonyl (C=O) groups is 2. The molecule has 0 aliphatic rings. The Balaban J connectivity index is 1.54. The summed E-state index contributed by atoms with van der Waals surface area (Å²) in [5, 5.41) is 15.4. The summed E-state index contributed by atoms with van der Waals surface area (Å²) in [5.41, 5.74) is 9.48. The number of esters is 1. The number of carbonyl (C=O) groups excluding carboxylic acids is 2. The number of benzene rings is 3. The molecule has 0 saturated heterocycles. The lowest BCUT2D eigenvalue weighted by atomic mass is 10.1. The second kappa shape index (κ2) is 9.63. The van der Waals surface area contributed by atoms with Crippen LogP contribution in [0.15, 0.2) is 85.1 Å². The molecule has 3 aromatic carbocycles. The molecule has 0 radical (unpaired) electrons. The van der Waals surface area contributed by atoms with Crippen LogP contribution < -0.4 is 16.4 Å². The summed E-state index contributed by atoms with van der Waals surface area (Å²) in [6.45, 7) is 0. The van der Waals surface area contributed by atoms with Crippen molar-refractivity contribution in [3.63, 3.8) is 0 Å². The molecule has 0 aliphatic carbocycles. The predicted molar refractivity (Wildman–Crippen MR) is 130 cm³/mol. The van der Waals surface area contributed by atoms with Gasteiger partial charge in [0.2, 0.25) is 0 Å². The number of para-hydroxylation sites is 1. The molecule has 4 aromatic rings. The molecule has 4 rings (SSSR count). The Bertz CT molecular complexity index is 1390. The van der Waals surface area contributed by atoms with E-state index in [-0.39, 0.29) is 22.9 Å². The fourth-order valence-electron chi connectivity index (χ4n) is 3.44. The lowest BCUT2D eigenvalue weighted by Crippen LogP contribution is -2.14. The molecule has 8 nitrogen and oxygen atoms in total. The lowest BCUT2D eigenvalue weighted by molar-refractivity contribution is 0.0593. The first-order valence-electron chi connectivity index (χ1n) is 10.3. The van der Waals surface area contributed by atoms with E-state index in [2.05, 4.69) is 10.6 Å². The zero-order valence-electron chi connectivity index (χ0n) is 18.3. The van der Waals surface area contributed by atoms with Gasteiger partial charge in [-0.25, -0.2) is 4.79 Å². The summed E-state index contributed by atoms with van der Waals surface area (Å²) in [5.74, 6) is -1.01. The number of aromatic nitrogens is 1. The van der Waals surface area contributed by atoms with Gasteiger partial charge in [-0.15, -0.1) is 0 Å². The average Bonchev–Trinajstić information content (AvgIpc) is 3.21. The Morgan fingerprint density at radius 2 is 1.62 bits per heavy atom. The number of methoxy groups -OCH3 is 1. The zero-order valence-corrected chi connectivity index (χ0v) is 18.3. The van der Waals surface area contributed by atoms with Gasteiger partial charge < -0.3 is 25.7 Å². The van der Waals surface area contributed by atoms with Gasteiger partial charge in [0.1, 0.15) is 6.07 Å². The summed E-state index contributed by atoms with van der Waals surface area (Å²) in [6, 6.07) is 25.7. The fraction of sp³-hybridized carbons (Fsp3) is 0.0385. The number of hydrogen-bond acceptors (Lipinski definition) is 6. The molecule has 0 atom stereocenters. The highest BCUT2D eigenvalue weighted by Crippen LogP contribution is 2.25. The van der Waals surface area contributed by atoms with Crippen LogP contribution >= 0.6 is 0 Å². The standard InChI is InChI=1S/C26H21N5O3/c1-34-26(33)24-23(28)18(15-27)16-31(24)22-9-5-6-17(14-22)25(32)30-21-12-10-20(11-13-21)29-19-7-3-2-4-8-19/h2-14,16,29H,28H2,1H3,(H,30,32). The van der Waals surface area contributed by atoms with Crippen LogP contribution in [0.1, 0.15) is 26.4 Å². The quantitative estimate of drug-likeness (QED) is 0.365. The van der Waals surface area contributed by atoms with Crippen LogP contribution in [0.25, 0.3) is 5.69 Å². The van der Waals surface area contributed by atoms with E-state index < -0.39 is 5.97 Å². The molecule has 1 amide bonds. The van der Waals surface area contributed by atoms with E-state index >= 15 is 0 Å². The van der Waals surface area contributed by atoms with Gasteiger partial charge in [-0.1, -0.05) is 24.3 Å². The van der Waals surface area contributed by atoms with Gasteiger partial charge in [-0.05, 0) is 54.6 Å². The van der Waals surface area contributed by atoms with Gasteiger partial charge in [0.05, 0.1) is 18.4 Å². The third-order valence-electron chi connectivity index (χ3n) is 5.14. The minimum Gasteiger partial charge on any atom is -0.464 e. The van der Waals surface area contributed by atoms with Crippen molar-refractivity contribution in [2.75, 3.05) is 23.5 Å². The second-order valence-electron chi connectivity index (χ2n) is 7.35. The highest BCUT2D eigenvalue weighted by molar-refractivity contribution is 6.05. The summed E-state index contributed by atoms with van der Waals surface area (Å²) in [6.07, 6.45) is 1.44. The van der Waals surface area contributed by atoms with Crippen molar-refractivity contribution in [3.8, 4) is 11.8 Å². The summed E-state index contributed by atoms with van der Waals surface area (Å²) >= 11 is 0. The van der Waals surface area contributed by atoms with Crippen LogP contribution in [0.4, 0.5) is 22.7 Å². The number of nitrogens with one attached hydrogen (secondary N) is 2. The number of nitriles is 1. The molecule has 1 heterocycles. The fourth-order valence-corrected chi connectivity index (χ4v) is 3.44. The van der Waals surface area contributed by atoms with Crippen molar-refractivity contribution in [1.82, 2.24) is 4.57 Å². The molecule has 0 saturated carbocycles. The topological polar surface area (TPSA) is 122 Å². The summed E-state index contributed by atoms with van der Waals surface area (Å²) < 4.78 is 6.25. The Morgan fingerprint density at radius 3 is 2.29 bits per heavy atom. The number of rotatable bonds is 6. The van der Waals surface area contributed by atoms with E-state index in [1.54, 1.807) is 36.4 Å². The van der Waals surface area contributed by atoms with Crippen molar-refractivity contribution in [3.05, 3.63) is 102 Å². The van der Waals surface area contributed by atoms with Gasteiger partial charge in [0.25, 0.3) is 5.91 Å². The highest BCUT2D eigenvalue weighted by Gasteiger charge is 2.22. The van der Waals surface area contributed by atoms with E-state index in [1.807, 2.05) is 48.5 Å². The monoisotopic (exact) mass is 451 g/mol. The normalized spacial score (nSPS) is 10.2. The van der Waals surface area contributed by atoms with Crippen molar-refractivity contribution < 1.29 is 14.3 Å². The molecule has 0 bridgehead atoms.